The van der Waals surface area contributed by atoms with Gasteiger partial charge in [-0.2, -0.15) is 0 Å². The third-order valence-corrected chi connectivity index (χ3v) is 4.47. The second-order valence-corrected chi connectivity index (χ2v) is 6.12. The van der Waals surface area contributed by atoms with E-state index in [-0.39, 0.29) is 0 Å². The van der Waals surface area contributed by atoms with Crippen molar-refractivity contribution >= 4 is 16.9 Å². The molecule has 0 amide bonds. The Morgan fingerprint density at radius 3 is 2.81 bits per heavy atom. The van der Waals surface area contributed by atoms with E-state index in [4.69, 9.17) is 9.73 Å². The van der Waals surface area contributed by atoms with Gasteiger partial charge in [-0.05, 0) is 19.3 Å². The first-order valence-corrected chi connectivity index (χ1v) is 7.20. The normalized spacial score (nSPS) is 31.9. The van der Waals surface area contributed by atoms with Gasteiger partial charge in [-0.25, -0.2) is 0 Å². The zero-order valence-corrected chi connectivity index (χ0v) is 11.2. The summed E-state index contributed by atoms with van der Waals surface area (Å²) in [4.78, 5) is 4.73. The first kappa shape index (κ1) is 12.2. The lowest BCUT2D eigenvalue weighted by Gasteiger charge is -2.19. The Hall–Kier alpha value is -0.220. The highest BCUT2D eigenvalue weighted by Gasteiger charge is 2.26. The van der Waals surface area contributed by atoms with Crippen LogP contribution in [0.1, 0.15) is 27.2 Å². The van der Waals surface area contributed by atoms with Crippen molar-refractivity contribution in [1.29, 1.82) is 0 Å². The van der Waals surface area contributed by atoms with Crippen LogP contribution in [0.4, 0.5) is 0 Å². The van der Waals surface area contributed by atoms with E-state index in [1.165, 1.54) is 6.42 Å². The van der Waals surface area contributed by atoms with Crippen LogP contribution >= 0.6 is 11.8 Å². The van der Waals surface area contributed by atoms with E-state index in [1.54, 1.807) is 0 Å². The summed E-state index contributed by atoms with van der Waals surface area (Å²) in [5.41, 5.74) is 0. The van der Waals surface area contributed by atoms with Gasteiger partial charge in [0.1, 0.15) is 0 Å². The van der Waals surface area contributed by atoms with Gasteiger partial charge in [0.15, 0.2) is 5.17 Å². The number of thioether (sulfide) groups is 1. The molecule has 0 saturated carbocycles. The molecule has 3 nitrogen and oxygen atoms in total. The molecule has 0 aromatic rings. The van der Waals surface area contributed by atoms with Crippen LogP contribution in [-0.2, 0) is 4.74 Å². The lowest BCUT2D eigenvalue weighted by Crippen LogP contribution is -2.36. The Morgan fingerprint density at radius 1 is 1.44 bits per heavy atom. The van der Waals surface area contributed by atoms with Gasteiger partial charge in [0.05, 0.1) is 12.6 Å². The van der Waals surface area contributed by atoms with Crippen molar-refractivity contribution in [3.63, 3.8) is 0 Å². The van der Waals surface area contributed by atoms with Crippen LogP contribution in [0.2, 0.25) is 0 Å². The van der Waals surface area contributed by atoms with Crippen LogP contribution < -0.4 is 5.32 Å². The molecule has 2 rings (SSSR count). The minimum atomic E-state index is 0.486. The summed E-state index contributed by atoms with van der Waals surface area (Å²) >= 11 is 1.86. The van der Waals surface area contributed by atoms with Gasteiger partial charge in [-0.1, -0.05) is 25.6 Å². The van der Waals surface area contributed by atoms with Crippen molar-refractivity contribution in [2.24, 2.45) is 16.8 Å². The van der Waals surface area contributed by atoms with E-state index in [9.17, 15) is 0 Å². The maximum atomic E-state index is 5.42. The molecule has 1 N–H and O–H groups in total. The number of amidine groups is 1. The van der Waals surface area contributed by atoms with E-state index in [2.05, 4.69) is 26.1 Å². The molecule has 2 aliphatic heterocycles. The molecule has 0 aliphatic carbocycles. The molecule has 2 aliphatic rings. The lowest BCUT2D eigenvalue weighted by molar-refractivity contribution is 0.180. The largest absolute Gasteiger partial charge is 0.381 e. The number of hydrogen-bond acceptors (Lipinski definition) is 4. The summed E-state index contributed by atoms with van der Waals surface area (Å²) in [6.45, 7) is 8.55. The molecular weight excluding hydrogens is 220 g/mol. The molecule has 2 unspecified atom stereocenters. The summed E-state index contributed by atoms with van der Waals surface area (Å²) in [5.74, 6) is 2.44. The molecule has 3 atom stereocenters. The number of aliphatic imine (C=N–C) groups is 1. The molecule has 4 heteroatoms. The smallest absolute Gasteiger partial charge is 0.157 e. The molecule has 0 radical (unpaired) electrons. The quantitative estimate of drug-likeness (QED) is 0.823. The monoisotopic (exact) mass is 242 g/mol. The average molecular weight is 242 g/mol. The van der Waals surface area contributed by atoms with Gasteiger partial charge < -0.3 is 10.1 Å². The summed E-state index contributed by atoms with van der Waals surface area (Å²) in [6.07, 6.45) is 1.18. The Balaban J connectivity index is 1.83. The van der Waals surface area contributed by atoms with Crippen molar-refractivity contribution in [3.8, 4) is 0 Å². The summed E-state index contributed by atoms with van der Waals surface area (Å²) in [6, 6.07) is 0.985. The SMILES string of the molecule is CC(NC1=N[C@@H](C(C)C)CS1)C1CCOC1. The fourth-order valence-electron chi connectivity index (χ4n) is 2.07. The van der Waals surface area contributed by atoms with Gasteiger partial charge in [-0.3, -0.25) is 4.99 Å². The van der Waals surface area contributed by atoms with Crippen LogP contribution in [-0.4, -0.2) is 36.2 Å². The maximum absolute atomic E-state index is 5.42. The van der Waals surface area contributed by atoms with Crippen molar-refractivity contribution in [1.82, 2.24) is 5.32 Å². The van der Waals surface area contributed by atoms with E-state index < -0.39 is 0 Å². The van der Waals surface area contributed by atoms with Crippen molar-refractivity contribution in [3.05, 3.63) is 0 Å². The predicted molar refractivity (Wildman–Crippen MR) is 70.0 cm³/mol. The third kappa shape index (κ3) is 2.92. The highest BCUT2D eigenvalue weighted by atomic mass is 32.2. The van der Waals surface area contributed by atoms with Crippen LogP contribution in [0.3, 0.4) is 0 Å². The topological polar surface area (TPSA) is 33.6 Å². The molecular formula is C12H22N2OS. The zero-order chi connectivity index (χ0) is 11.5. The van der Waals surface area contributed by atoms with Crippen molar-refractivity contribution in [2.75, 3.05) is 19.0 Å². The molecule has 92 valence electrons. The Bertz CT molecular complexity index is 262. The van der Waals surface area contributed by atoms with Gasteiger partial charge in [0, 0.05) is 24.3 Å². The lowest BCUT2D eigenvalue weighted by atomic mass is 10.0. The number of nitrogens with one attached hydrogen (secondary N) is 1. The number of hydrogen-bond donors (Lipinski definition) is 1. The molecule has 1 saturated heterocycles. The minimum absolute atomic E-state index is 0.486. The third-order valence-electron chi connectivity index (χ3n) is 3.47. The Kier molecular flexibility index (Phi) is 4.14. The fraction of sp³-hybridized carbons (Fsp3) is 0.917. The Morgan fingerprint density at radius 2 is 2.25 bits per heavy atom. The number of rotatable bonds is 3. The van der Waals surface area contributed by atoms with Crippen molar-refractivity contribution in [2.45, 2.75) is 39.3 Å². The van der Waals surface area contributed by atoms with Crippen molar-refractivity contribution < 1.29 is 4.74 Å². The zero-order valence-electron chi connectivity index (χ0n) is 10.4. The number of ether oxygens (including phenoxy) is 1. The standard InChI is InChI=1S/C12H22N2OS/c1-8(2)11-7-16-12(14-11)13-9(3)10-4-5-15-6-10/h8-11H,4-7H2,1-3H3,(H,13,14)/t9?,10?,11-/m1/s1. The van der Waals surface area contributed by atoms with Gasteiger partial charge >= 0.3 is 0 Å². The predicted octanol–water partition coefficient (Wildman–Crippen LogP) is 2.13. The van der Waals surface area contributed by atoms with Crippen LogP contribution in [0, 0.1) is 11.8 Å². The summed E-state index contributed by atoms with van der Waals surface area (Å²) in [7, 11) is 0. The molecule has 0 aromatic carbocycles. The van der Waals surface area contributed by atoms with Gasteiger partial charge in [0.25, 0.3) is 0 Å². The van der Waals surface area contributed by atoms with Crippen LogP contribution in [0.25, 0.3) is 0 Å². The summed E-state index contributed by atoms with van der Waals surface area (Å²) in [5, 5.41) is 4.68. The molecule has 2 heterocycles. The van der Waals surface area contributed by atoms with Gasteiger partial charge in [-0.15, -0.1) is 0 Å². The molecule has 0 bridgehead atoms. The van der Waals surface area contributed by atoms with E-state index in [0.717, 1.165) is 24.1 Å². The molecule has 16 heavy (non-hydrogen) atoms. The second-order valence-electron chi connectivity index (χ2n) is 5.11. The second kappa shape index (κ2) is 5.41. The van der Waals surface area contributed by atoms with E-state index in [0.29, 0.717) is 23.9 Å². The van der Waals surface area contributed by atoms with E-state index >= 15 is 0 Å². The molecule has 1 fully saturated rings. The minimum Gasteiger partial charge on any atom is -0.381 e. The fourth-order valence-corrected chi connectivity index (χ4v) is 3.34. The van der Waals surface area contributed by atoms with Gasteiger partial charge in [0.2, 0.25) is 0 Å². The Labute approximate surface area is 102 Å². The number of nitrogens with zero attached hydrogens (tertiary/aromatic N) is 1. The molecule has 0 spiro atoms. The first-order chi connectivity index (χ1) is 7.66. The molecule has 0 aromatic heterocycles. The van der Waals surface area contributed by atoms with Crippen LogP contribution in [0.5, 0.6) is 0 Å². The van der Waals surface area contributed by atoms with Crippen LogP contribution in [0.15, 0.2) is 4.99 Å². The highest BCUT2D eigenvalue weighted by Crippen LogP contribution is 2.24. The summed E-state index contributed by atoms with van der Waals surface area (Å²) < 4.78 is 5.42. The average Bonchev–Trinajstić information content (AvgIpc) is 2.87. The first-order valence-electron chi connectivity index (χ1n) is 6.21. The highest BCUT2D eigenvalue weighted by molar-refractivity contribution is 8.14. The van der Waals surface area contributed by atoms with E-state index in [1.807, 2.05) is 11.8 Å². The maximum Gasteiger partial charge on any atom is 0.157 e.